The number of aryl methyl sites for hydroxylation is 2. The van der Waals surface area contributed by atoms with E-state index in [1.165, 1.54) is 12.8 Å². The molecule has 1 aliphatic rings. The molecule has 1 heterocycles. The first-order chi connectivity index (χ1) is 7.22. The van der Waals surface area contributed by atoms with Crippen molar-refractivity contribution in [2.24, 2.45) is 0 Å². The van der Waals surface area contributed by atoms with Crippen molar-refractivity contribution in [2.45, 2.75) is 45.2 Å². The lowest BCUT2D eigenvalue weighted by atomic mass is 10.0. The van der Waals surface area contributed by atoms with E-state index in [0.717, 1.165) is 23.4 Å². The number of aliphatic hydroxyl groups is 1. The molecule has 2 N–H and O–H groups in total. The molecule has 0 radical (unpaired) electrons. The minimum absolute atomic E-state index is 0.189. The molecule has 2 rings (SSSR count). The summed E-state index contributed by atoms with van der Waals surface area (Å²) in [7, 11) is 0. The van der Waals surface area contributed by atoms with E-state index in [-0.39, 0.29) is 12.6 Å². The Morgan fingerprint density at radius 2 is 2.27 bits per heavy atom. The van der Waals surface area contributed by atoms with E-state index in [1.807, 2.05) is 13.8 Å². The van der Waals surface area contributed by atoms with Crippen LogP contribution in [0.4, 0.5) is 0 Å². The number of hydrogen-bond acceptors (Lipinski definition) is 4. The van der Waals surface area contributed by atoms with Crippen molar-refractivity contribution in [3.8, 4) is 0 Å². The highest BCUT2D eigenvalue weighted by atomic mass is 16.5. The molecule has 0 aliphatic heterocycles. The van der Waals surface area contributed by atoms with Crippen molar-refractivity contribution < 1.29 is 9.63 Å². The molecule has 0 bridgehead atoms. The normalized spacial score (nSPS) is 18.1. The molecule has 1 atom stereocenters. The number of hydrogen-bond donors (Lipinski definition) is 2. The van der Waals surface area contributed by atoms with Crippen LogP contribution in [0.5, 0.6) is 0 Å². The molecule has 0 spiro atoms. The number of aliphatic hydroxyl groups excluding tert-OH is 1. The molecule has 0 amide bonds. The van der Waals surface area contributed by atoms with E-state index in [2.05, 4.69) is 10.5 Å². The zero-order chi connectivity index (χ0) is 10.8. The zero-order valence-corrected chi connectivity index (χ0v) is 9.29. The molecule has 1 saturated carbocycles. The van der Waals surface area contributed by atoms with Gasteiger partial charge in [-0.05, 0) is 33.1 Å². The minimum Gasteiger partial charge on any atom is -0.396 e. The Bertz CT molecular complexity index is 312. The summed E-state index contributed by atoms with van der Waals surface area (Å²) in [5, 5.41) is 16.5. The summed E-state index contributed by atoms with van der Waals surface area (Å²) >= 11 is 0. The smallest absolute Gasteiger partial charge is 0.138 e. The lowest BCUT2D eigenvalue weighted by Gasteiger charge is -2.17. The molecular weight excluding hydrogens is 192 g/mol. The Hall–Kier alpha value is -0.870. The fourth-order valence-corrected chi connectivity index (χ4v) is 1.96. The minimum atomic E-state index is 0.189. The summed E-state index contributed by atoms with van der Waals surface area (Å²) in [5.41, 5.74) is 2.05. The van der Waals surface area contributed by atoms with Gasteiger partial charge in [-0.3, -0.25) is 0 Å². The first-order valence-electron chi connectivity index (χ1n) is 5.52. The van der Waals surface area contributed by atoms with Crippen LogP contribution in [0.15, 0.2) is 4.52 Å². The van der Waals surface area contributed by atoms with Gasteiger partial charge in [0.2, 0.25) is 0 Å². The van der Waals surface area contributed by atoms with Crippen LogP contribution < -0.4 is 5.32 Å². The van der Waals surface area contributed by atoms with Crippen molar-refractivity contribution in [2.75, 3.05) is 6.61 Å². The topological polar surface area (TPSA) is 58.3 Å². The second kappa shape index (κ2) is 4.33. The summed E-state index contributed by atoms with van der Waals surface area (Å²) in [6, 6.07) is 0.809. The van der Waals surface area contributed by atoms with Crippen LogP contribution in [-0.2, 0) is 0 Å². The van der Waals surface area contributed by atoms with E-state index < -0.39 is 0 Å². The average Bonchev–Trinajstić information content (AvgIpc) is 2.94. The maximum atomic E-state index is 9.06. The van der Waals surface area contributed by atoms with Crippen LogP contribution in [0.1, 0.15) is 42.3 Å². The Morgan fingerprint density at radius 1 is 1.53 bits per heavy atom. The van der Waals surface area contributed by atoms with Crippen molar-refractivity contribution in [3.63, 3.8) is 0 Å². The molecule has 84 valence electrons. The number of rotatable bonds is 5. The summed E-state index contributed by atoms with van der Waals surface area (Å²) in [4.78, 5) is 0. The largest absolute Gasteiger partial charge is 0.396 e. The van der Waals surface area contributed by atoms with Gasteiger partial charge in [0, 0.05) is 24.3 Å². The lowest BCUT2D eigenvalue weighted by molar-refractivity contribution is 0.264. The molecule has 4 heteroatoms. The monoisotopic (exact) mass is 210 g/mol. The van der Waals surface area contributed by atoms with Crippen LogP contribution in [-0.4, -0.2) is 22.9 Å². The third kappa shape index (κ3) is 2.38. The molecule has 1 aromatic heterocycles. The lowest BCUT2D eigenvalue weighted by Crippen LogP contribution is -2.25. The van der Waals surface area contributed by atoms with Gasteiger partial charge in [-0.15, -0.1) is 0 Å². The van der Waals surface area contributed by atoms with Crippen LogP contribution in [0.25, 0.3) is 0 Å². The van der Waals surface area contributed by atoms with Crippen LogP contribution in [0, 0.1) is 13.8 Å². The maximum absolute atomic E-state index is 9.06. The van der Waals surface area contributed by atoms with Crippen molar-refractivity contribution in [1.82, 2.24) is 10.5 Å². The van der Waals surface area contributed by atoms with Gasteiger partial charge in [0.1, 0.15) is 5.76 Å². The van der Waals surface area contributed by atoms with Gasteiger partial charge in [0.25, 0.3) is 0 Å². The molecule has 0 aromatic carbocycles. The van der Waals surface area contributed by atoms with Gasteiger partial charge in [-0.2, -0.15) is 0 Å². The summed E-state index contributed by atoms with van der Waals surface area (Å²) in [6.45, 7) is 4.06. The third-order valence-electron chi connectivity index (χ3n) is 2.87. The van der Waals surface area contributed by atoms with Gasteiger partial charge >= 0.3 is 0 Å². The van der Waals surface area contributed by atoms with E-state index in [9.17, 15) is 0 Å². The Balaban J connectivity index is 2.14. The number of aromatic nitrogens is 1. The second-order valence-electron chi connectivity index (χ2n) is 4.24. The molecule has 1 unspecified atom stereocenters. The SMILES string of the molecule is Cc1noc(C)c1C(CCO)NC1CC1. The van der Waals surface area contributed by atoms with E-state index >= 15 is 0 Å². The van der Waals surface area contributed by atoms with Crippen molar-refractivity contribution in [3.05, 3.63) is 17.0 Å². The van der Waals surface area contributed by atoms with E-state index in [0.29, 0.717) is 6.04 Å². The standard InChI is InChI=1S/C11H18N2O2/c1-7-11(8(2)15-13-7)10(5-6-14)12-9-3-4-9/h9-10,12,14H,3-6H2,1-2H3. The van der Waals surface area contributed by atoms with E-state index in [1.54, 1.807) is 0 Å². The maximum Gasteiger partial charge on any atom is 0.138 e. The van der Waals surface area contributed by atoms with Gasteiger partial charge < -0.3 is 14.9 Å². The molecule has 4 nitrogen and oxygen atoms in total. The van der Waals surface area contributed by atoms with Gasteiger partial charge in [0.15, 0.2) is 0 Å². The van der Waals surface area contributed by atoms with Gasteiger partial charge in [0.05, 0.1) is 5.69 Å². The first kappa shape index (κ1) is 10.6. The first-order valence-corrected chi connectivity index (χ1v) is 5.52. The summed E-state index contributed by atoms with van der Waals surface area (Å²) < 4.78 is 5.15. The van der Waals surface area contributed by atoms with Crippen molar-refractivity contribution in [1.29, 1.82) is 0 Å². The van der Waals surface area contributed by atoms with Gasteiger partial charge in [-0.1, -0.05) is 5.16 Å². The Morgan fingerprint density at radius 3 is 2.73 bits per heavy atom. The molecule has 1 aromatic rings. The van der Waals surface area contributed by atoms with Crippen LogP contribution >= 0.6 is 0 Å². The molecular formula is C11H18N2O2. The molecule has 1 aliphatic carbocycles. The highest BCUT2D eigenvalue weighted by molar-refractivity contribution is 5.25. The fourth-order valence-electron chi connectivity index (χ4n) is 1.96. The van der Waals surface area contributed by atoms with Crippen molar-refractivity contribution >= 4 is 0 Å². The average molecular weight is 210 g/mol. The number of nitrogens with one attached hydrogen (secondary N) is 1. The molecule has 0 saturated heterocycles. The number of nitrogens with zero attached hydrogens (tertiary/aromatic N) is 1. The molecule has 1 fully saturated rings. The predicted molar refractivity (Wildman–Crippen MR) is 56.6 cm³/mol. The molecule has 15 heavy (non-hydrogen) atoms. The second-order valence-corrected chi connectivity index (χ2v) is 4.24. The highest BCUT2D eigenvalue weighted by Gasteiger charge is 2.28. The fraction of sp³-hybridized carbons (Fsp3) is 0.727. The van der Waals surface area contributed by atoms with Crippen LogP contribution in [0.2, 0.25) is 0 Å². The van der Waals surface area contributed by atoms with E-state index in [4.69, 9.17) is 9.63 Å². The Labute approximate surface area is 89.7 Å². The Kier molecular flexibility index (Phi) is 3.07. The summed E-state index contributed by atoms with van der Waals surface area (Å²) in [5.74, 6) is 0.860. The van der Waals surface area contributed by atoms with Crippen LogP contribution in [0.3, 0.4) is 0 Å². The quantitative estimate of drug-likeness (QED) is 0.772. The highest BCUT2D eigenvalue weighted by Crippen LogP contribution is 2.29. The van der Waals surface area contributed by atoms with Gasteiger partial charge in [-0.25, -0.2) is 0 Å². The summed E-state index contributed by atoms with van der Waals surface area (Å²) in [6.07, 6.45) is 3.20. The predicted octanol–water partition coefficient (Wildman–Crippen LogP) is 1.47. The third-order valence-corrected chi connectivity index (χ3v) is 2.87. The zero-order valence-electron chi connectivity index (χ0n) is 9.29.